The van der Waals surface area contributed by atoms with Crippen LogP contribution in [0.2, 0.25) is 0 Å². The van der Waals surface area contributed by atoms with Crippen molar-refractivity contribution in [2.45, 2.75) is 13.0 Å². The number of hydrogen-bond acceptors (Lipinski definition) is 5. The number of para-hydroxylation sites is 2. The zero-order valence-corrected chi connectivity index (χ0v) is 14.1. The summed E-state index contributed by atoms with van der Waals surface area (Å²) in [6, 6.07) is 15.3. The molecule has 3 aromatic rings. The second-order valence-electron chi connectivity index (χ2n) is 6.77. The molecule has 25 heavy (non-hydrogen) atoms. The summed E-state index contributed by atoms with van der Waals surface area (Å²) in [5.41, 5.74) is 4.52. The van der Waals surface area contributed by atoms with E-state index in [9.17, 15) is 0 Å². The van der Waals surface area contributed by atoms with Crippen LogP contribution in [0, 0.1) is 0 Å². The Kier molecular flexibility index (Phi) is 3.59. The summed E-state index contributed by atoms with van der Waals surface area (Å²) < 4.78 is 11.5. The first kappa shape index (κ1) is 14.8. The van der Waals surface area contributed by atoms with Crippen molar-refractivity contribution in [2.24, 2.45) is 0 Å². The van der Waals surface area contributed by atoms with Crippen molar-refractivity contribution in [1.29, 1.82) is 0 Å². The largest absolute Gasteiger partial charge is 0.493 e. The average Bonchev–Trinajstić information content (AvgIpc) is 3.28. The Morgan fingerprint density at radius 1 is 1.00 bits per heavy atom. The van der Waals surface area contributed by atoms with Crippen LogP contribution >= 0.6 is 0 Å². The monoisotopic (exact) mass is 335 g/mol. The van der Waals surface area contributed by atoms with Crippen LogP contribution in [0.15, 0.2) is 46.9 Å². The van der Waals surface area contributed by atoms with E-state index in [1.54, 1.807) is 0 Å². The van der Waals surface area contributed by atoms with Crippen molar-refractivity contribution < 1.29 is 9.15 Å². The predicted molar refractivity (Wildman–Crippen MR) is 97.1 cm³/mol. The van der Waals surface area contributed by atoms with E-state index in [2.05, 4.69) is 33.0 Å². The number of hydrogen-bond donors (Lipinski definition) is 0. The number of oxazole rings is 1. The Labute approximate surface area is 146 Å². The molecule has 2 aromatic carbocycles. The maximum atomic E-state index is 5.89. The molecule has 0 radical (unpaired) electrons. The minimum absolute atomic E-state index is 0.746. The SMILES string of the molecule is c1ccc2oc(N3CCN(Cc4ccc5c(c4)CCO5)CC3)nc2c1. The maximum absolute atomic E-state index is 5.89. The van der Waals surface area contributed by atoms with Gasteiger partial charge >= 0.3 is 0 Å². The lowest BCUT2D eigenvalue weighted by atomic mass is 10.1. The number of piperazine rings is 1. The molecule has 0 saturated carbocycles. The summed E-state index contributed by atoms with van der Waals surface area (Å²) >= 11 is 0. The molecule has 0 atom stereocenters. The fraction of sp³-hybridized carbons (Fsp3) is 0.350. The van der Waals surface area contributed by atoms with Gasteiger partial charge in [0.15, 0.2) is 5.58 Å². The Balaban J connectivity index is 1.23. The van der Waals surface area contributed by atoms with Gasteiger partial charge in [0.25, 0.3) is 6.01 Å². The maximum Gasteiger partial charge on any atom is 0.298 e. The smallest absolute Gasteiger partial charge is 0.298 e. The van der Waals surface area contributed by atoms with Gasteiger partial charge in [-0.2, -0.15) is 4.98 Å². The lowest BCUT2D eigenvalue weighted by molar-refractivity contribution is 0.245. The van der Waals surface area contributed by atoms with Crippen molar-refractivity contribution in [3.05, 3.63) is 53.6 Å². The highest BCUT2D eigenvalue weighted by molar-refractivity contribution is 5.74. The van der Waals surface area contributed by atoms with Gasteiger partial charge in [0.1, 0.15) is 11.3 Å². The lowest BCUT2D eigenvalue weighted by Crippen LogP contribution is -2.46. The highest BCUT2D eigenvalue weighted by atomic mass is 16.5. The van der Waals surface area contributed by atoms with Gasteiger partial charge in [0.2, 0.25) is 0 Å². The third-order valence-corrected chi connectivity index (χ3v) is 5.09. The fourth-order valence-corrected chi connectivity index (χ4v) is 3.69. The van der Waals surface area contributed by atoms with Gasteiger partial charge in [-0.1, -0.05) is 24.3 Å². The van der Waals surface area contributed by atoms with Gasteiger partial charge < -0.3 is 14.1 Å². The van der Waals surface area contributed by atoms with Gasteiger partial charge in [0.05, 0.1) is 6.61 Å². The topological polar surface area (TPSA) is 41.7 Å². The fourth-order valence-electron chi connectivity index (χ4n) is 3.69. The normalized spacial score (nSPS) is 17.7. The van der Waals surface area contributed by atoms with Gasteiger partial charge in [0, 0.05) is 39.1 Å². The van der Waals surface area contributed by atoms with Crippen LogP contribution in [0.3, 0.4) is 0 Å². The molecule has 1 saturated heterocycles. The van der Waals surface area contributed by atoms with Crippen LogP contribution in [0.4, 0.5) is 6.01 Å². The Morgan fingerprint density at radius 2 is 1.88 bits per heavy atom. The molecule has 2 aliphatic rings. The molecular weight excluding hydrogens is 314 g/mol. The number of ether oxygens (including phenoxy) is 1. The second-order valence-corrected chi connectivity index (χ2v) is 6.77. The first-order valence-electron chi connectivity index (χ1n) is 8.93. The number of aromatic nitrogens is 1. The molecule has 5 heteroatoms. The lowest BCUT2D eigenvalue weighted by Gasteiger charge is -2.33. The summed E-state index contributed by atoms with van der Waals surface area (Å²) in [6.45, 7) is 5.75. The summed E-state index contributed by atoms with van der Waals surface area (Å²) in [6.07, 6.45) is 1.04. The Hall–Kier alpha value is -2.53. The minimum atomic E-state index is 0.746. The summed E-state index contributed by atoms with van der Waals surface area (Å²) in [5, 5.41) is 0. The molecule has 0 bridgehead atoms. The number of rotatable bonds is 3. The molecule has 0 spiro atoms. The molecule has 128 valence electrons. The molecular formula is C20H21N3O2. The third kappa shape index (κ3) is 2.85. The summed E-state index contributed by atoms with van der Waals surface area (Å²) in [5.74, 6) is 1.06. The minimum Gasteiger partial charge on any atom is -0.493 e. The first-order chi connectivity index (χ1) is 12.3. The van der Waals surface area contributed by atoms with Crippen LogP contribution in [-0.2, 0) is 13.0 Å². The molecule has 5 nitrogen and oxygen atoms in total. The highest BCUT2D eigenvalue weighted by Gasteiger charge is 2.21. The third-order valence-electron chi connectivity index (χ3n) is 5.09. The molecule has 1 fully saturated rings. The second kappa shape index (κ2) is 6.08. The summed E-state index contributed by atoms with van der Waals surface area (Å²) in [7, 11) is 0. The molecule has 0 N–H and O–H groups in total. The number of benzene rings is 2. The van der Waals surface area contributed by atoms with E-state index in [0.29, 0.717) is 0 Å². The van der Waals surface area contributed by atoms with Crippen LogP contribution in [0.1, 0.15) is 11.1 Å². The van der Waals surface area contributed by atoms with E-state index in [4.69, 9.17) is 9.15 Å². The van der Waals surface area contributed by atoms with Crippen LogP contribution in [0.5, 0.6) is 5.75 Å². The number of anilines is 1. The van der Waals surface area contributed by atoms with Gasteiger partial charge in [-0.15, -0.1) is 0 Å². The Bertz CT molecular complexity index is 864. The molecule has 0 amide bonds. The number of fused-ring (bicyclic) bond motifs is 2. The standard InChI is InChI=1S/C20H21N3O2/c1-2-4-19-17(3-1)21-20(25-19)23-10-8-22(9-11-23)14-15-5-6-18-16(13-15)7-12-24-18/h1-6,13H,7-12,14H2. The van der Waals surface area contributed by atoms with E-state index in [-0.39, 0.29) is 0 Å². The van der Waals surface area contributed by atoms with E-state index in [1.807, 2.05) is 24.3 Å². The molecule has 5 rings (SSSR count). The van der Waals surface area contributed by atoms with E-state index >= 15 is 0 Å². The molecule has 1 aromatic heterocycles. The quantitative estimate of drug-likeness (QED) is 0.736. The Morgan fingerprint density at radius 3 is 2.76 bits per heavy atom. The molecule has 2 aliphatic heterocycles. The highest BCUT2D eigenvalue weighted by Crippen LogP contribution is 2.27. The average molecular weight is 335 g/mol. The first-order valence-corrected chi connectivity index (χ1v) is 8.93. The van der Waals surface area contributed by atoms with Gasteiger partial charge in [-0.3, -0.25) is 4.90 Å². The van der Waals surface area contributed by atoms with Gasteiger partial charge in [-0.25, -0.2) is 0 Å². The molecule has 3 heterocycles. The van der Waals surface area contributed by atoms with Crippen LogP contribution in [-0.4, -0.2) is 42.7 Å². The zero-order valence-electron chi connectivity index (χ0n) is 14.1. The van der Waals surface area contributed by atoms with Crippen molar-refractivity contribution in [1.82, 2.24) is 9.88 Å². The van der Waals surface area contributed by atoms with Crippen molar-refractivity contribution in [3.8, 4) is 5.75 Å². The van der Waals surface area contributed by atoms with Crippen LogP contribution in [0.25, 0.3) is 11.1 Å². The predicted octanol–water partition coefficient (Wildman–Crippen LogP) is 3.08. The van der Waals surface area contributed by atoms with Crippen molar-refractivity contribution >= 4 is 17.1 Å². The van der Waals surface area contributed by atoms with Crippen molar-refractivity contribution in [3.63, 3.8) is 0 Å². The molecule has 0 unspecified atom stereocenters. The number of nitrogens with zero attached hydrogens (tertiary/aromatic N) is 3. The summed E-state index contributed by atoms with van der Waals surface area (Å²) in [4.78, 5) is 9.35. The van der Waals surface area contributed by atoms with Crippen molar-refractivity contribution in [2.75, 3.05) is 37.7 Å². The zero-order chi connectivity index (χ0) is 16.6. The van der Waals surface area contributed by atoms with Crippen LogP contribution < -0.4 is 9.64 Å². The van der Waals surface area contributed by atoms with E-state index in [1.165, 1.54) is 11.1 Å². The van der Waals surface area contributed by atoms with E-state index < -0.39 is 0 Å². The van der Waals surface area contributed by atoms with E-state index in [0.717, 1.165) is 68.6 Å². The van der Waals surface area contributed by atoms with Gasteiger partial charge in [-0.05, 0) is 29.3 Å². The molecule has 0 aliphatic carbocycles.